The molecule has 1 aromatic carbocycles. The number of aliphatic imine (C=N–C) groups is 1. The lowest BCUT2D eigenvalue weighted by molar-refractivity contribution is 0.0170. The number of aromatic nitrogens is 1. The van der Waals surface area contributed by atoms with Crippen LogP contribution >= 0.6 is 24.0 Å². The van der Waals surface area contributed by atoms with Gasteiger partial charge in [-0.25, -0.2) is 4.39 Å². The summed E-state index contributed by atoms with van der Waals surface area (Å²) in [6.45, 7) is 4.08. The lowest BCUT2D eigenvalue weighted by Crippen LogP contribution is -2.46. The summed E-state index contributed by atoms with van der Waals surface area (Å²) in [7, 11) is 3.36. The maximum Gasteiger partial charge on any atom is 0.191 e. The Kier molecular flexibility index (Phi) is 10.2. The summed E-state index contributed by atoms with van der Waals surface area (Å²) in [5.41, 5.74) is 1.54. The molecule has 3 rings (SSSR count). The van der Waals surface area contributed by atoms with E-state index in [2.05, 4.69) is 37.6 Å². The number of halogens is 2. The monoisotopic (exact) mass is 529 g/mol. The van der Waals surface area contributed by atoms with Crippen LogP contribution in [-0.4, -0.2) is 62.8 Å². The van der Waals surface area contributed by atoms with Gasteiger partial charge in [0.15, 0.2) is 5.96 Å². The number of nitrogens with zero attached hydrogens (tertiary/aromatic N) is 3. The van der Waals surface area contributed by atoms with Gasteiger partial charge in [0.2, 0.25) is 0 Å². The molecular weight excluding hydrogens is 500 g/mol. The first-order chi connectivity index (χ1) is 14.2. The summed E-state index contributed by atoms with van der Waals surface area (Å²) in [6.07, 6.45) is 1.58. The van der Waals surface area contributed by atoms with Crippen LogP contribution in [-0.2, 0) is 11.3 Å². The topological polar surface area (TPSA) is 71.0 Å². The van der Waals surface area contributed by atoms with Crippen LogP contribution in [0.25, 0.3) is 0 Å². The summed E-state index contributed by atoms with van der Waals surface area (Å²) >= 11 is 0. The number of methoxy groups -OCH3 is 1. The number of morpholine rings is 1. The van der Waals surface area contributed by atoms with Crippen LogP contribution in [0.5, 0.6) is 5.75 Å². The fraction of sp³-hybridized carbons (Fsp3) is 0.429. The molecule has 1 fully saturated rings. The van der Waals surface area contributed by atoms with Gasteiger partial charge in [0.25, 0.3) is 0 Å². The Morgan fingerprint density at radius 2 is 1.97 bits per heavy atom. The van der Waals surface area contributed by atoms with Crippen molar-refractivity contribution in [1.82, 2.24) is 20.5 Å². The Morgan fingerprint density at radius 1 is 1.23 bits per heavy atom. The highest BCUT2D eigenvalue weighted by atomic mass is 127. The highest BCUT2D eigenvalue weighted by Crippen LogP contribution is 2.23. The number of pyridine rings is 1. The maximum atomic E-state index is 13.8. The highest BCUT2D eigenvalue weighted by Gasteiger charge is 2.23. The van der Waals surface area contributed by atoms with E-state index < -0.39 is 0 Å². The molecule has 1 unspecified atom stereocenters. The van der Waals surface area contributed by atoms with Crippen molar-refractivity contribution in [1.29, 1.82) is 0 Å². The van der Waals surface area contributed by atoms with Gasteiger partial charge in [-0.3, -0.25) is 14.9 Å². The number of hydrogen-bond acceptors (Lipinski definition) is 5. The number of benzene rings is 1. The molecule has 2 heterocycles. The Hall–Kier alpha value is -1.98. The van der Waals surface area contributed by atoms with E-state index in [0.29, 0.717) is 18.2 Å². The third-order valence-corrected chi connectivity index (χ3v) is 4.93. The van der Waals surface area contributed by atoms with Crippen molar-refractivity contribution >= 4 is 29.9 Å². The Bertz CT molecular complexity index is 800. The summed E-state index contributed by atoms with van der Waals surface area (Å²) in [6, 6.07) is 11.2. The first-order valence-electron chi connectivity index (χ1n) is 9.71. The maximum absolute atomic E-state index is 13.8. The molecule has 0 saturated carbocycles. The average Bonchev–Trinajstić information content (AvgIpc) is 2.78. The molecule has 2 N–H and O–H groups in total. The first-order valence-corrected chi connectivity index (χ1v) is 9.71. The third kappa shape index (κ3) is 6.78. The molecule has 7 nitrogen and oxygen atoms in total. The van der Waals surface area contributed by atoms with Gasteiger partial charge >= 0.3 is 0 Å². The lowest BCUT2D eigenvalue weighted by Gasteiger charge is -2.35. The fourth-order valence-electron chi connectivity index (χ4n) is 3.30. The number of ether oxygens (including phenoxy) is 2. The van der Waals surface area contributed by atoms with E-state index >= 15 is 0 Å². The third-order valence-electron chi connectivity index (χ3n) is 4.93. The van der Waals surface area contributed by atoms with E-state index in [-0.39, 0.29) is 42.4 Å². The van der Waals surface area contributed by atoms with Crippen molar-refractivity contribution in [2.75, 3.05) is 47.0 Å². The van der Waals surface area contributed by atoms with Gasteiger partial charge in [-0.05, 0) is 29.8 Å². The molecule has 1 aliphatic rings. The zero-order valence-electron chi connectivity index (χ0n) is 17.3. The van der Waals surface area contributed by atoms with Crippen LogP contribution in [0.3, 0.4) is 0 Å². The molecule has 1 aromatic heterocycles. The molecule has 1 saturated heterocycles. The van der Waals surface area contributed by atoms with Gasteiger partial charge in [-0.2, -0.15) is 0 Å². The Balaban J connectivity index is 0.00000320. The van der Waals surface area contributed by atoms with Crippen molar-refractivity contribution in [3.63, 3.8) is 0 Å². The van der Waals surface area contributed by atoms with Crippen molar-refractivity contribution in [3.8, 4) is 5.75 Å². The minimum Gasteiger partial charge on any atom is -0.497 e. The smallest absolute Gasteiger partial charge is 0.191 e. The second kappa shape index (κ2) is 12.7. The Morgan fingerprint density at radius 3 is 2.60 bits per heavy atom. The second-order valence-corrected chi connectivity index (χ2v) is 6.68. The average molecular weight is 529 g/mol. The normalized spacial score (nSPS) is 15.8. The minimum absolute atomic E-state index is 0. The molecule has 9 heteroatoms. The molecule has 0 aliphatic carbocycles. The van der Waals surface area contributed by atoms with E-state index in [0.717, 1.165) is 32.1 Å². The van der Waals surface area contributed by atoms with Gasteiger partial charge in [0.05, 0.1) is 38.6 Å². The number of guanidine groups is 1. The SMILES string of the molecule is CN=C(NCc1ncccc1F)NCC(c1ccc(OC)cc1)N1CCOCC1.I. The van der Waals surface area contributed by atoms with Crippen LogP contribution in [0.15, 0.2) is 47.6 Å². The van der Waals surface area contributed by atoms with Gasteiger partial charge in [-0.1, -0.05) is 12.1 Å². The summed E-state index contributed by atoms with van der Waals surface area (Å²) in [5, 5.41) is 6.49. The van der Waals surface area contributed by atoms with Gasteiger partial charge in [0.1, 0.15) is 11.6 Å². The zero-order valence-corrected chi connectivity index (χ0v) is 19.6. The second-order valence-electron chi connectivity index (χ2n) is 6.68. The molecule has 1 aliphatic heterocycles. The largest absolute Gasteiger partial charge is 0.497 e. The molecule has 0 amide bonds. The molecule has 0 radical (unpaired) electrons. The number of rotatable bonds is 7. The molecule has 0 bridgehead atoms. The van der Waals surface area contributed by atoms with Gasteiger partial charge < -0.3 is 20.1 Å². The van der Waals surface area contributed by atoms with Crippen molar-refractivity contribution in [2.45, 2.75) is 12.6 Å². The van der Waals surface area contributed by atoms with Gasteiger partial charge in [0, 0.05) is 32.9 Å². The molecular formula is C21H29FIN5O2. The van der Waals surface area contributed by atoms with Crippen LogP contribution in [0.2, 0.25) is 0 Å². The molecule has 1 atom stereocenters. The van der Waals surface area contributed by atoms with Crippen molar-refractivity contribution in [2.24, 2.45) is 4.99 Å². The number of nitrogens with one attached hydrogen (secondary N) is 2. The summed E-state index contributed by atoms with van der Waals surface area (Å²) in [5.74, 6) is 1.10. The van der Waals surface area contributed by atoms with Crippen LogP contribution in [0, 0.1) is 5.82 Å². The van der Waals surface area contributed by atoms with E-state index in [1.54, 1.807) is 26.4 Å². The van der Waals surface area contributed by atoms with E-state index in [9.17, 15) is 4.39 Å². The summed E-state index contributed by atoms with van der Waals surface area (Å²) < 4.78 is 24.6. The van der Waals surface area contributed by atoms with E-state index in [1.807, 2.05) is 12.1 Å². The Labute approximate surface area is 194 Å². The molecule has 0 spiro atoms. The number of hydrogen-bond donors (Lipinski definition) is 2. The summed E-state index contributed by atoms with van der Waals surface area (Å²) in [4.78, 5) is 10.7. The van der Waals surface area contributed by atoms with Crippen molar-refractivity contribution in [3.05, 3.63) is 59.7 Å². The zero-order chi connectivity index (χ0) is 20.5. The van der Waals surface area contributed by atoms with Crippen molar-refractivity contribution < 1.29 is 13.9 Å². The predicted octanol–water partition coefficient (Wildman–Crippen LogP) is 2.59. The van der Waals surface area contributed by atoms with Crippen LogP contribution in [0.1, 0.15) is 17.3 Å². The van der Waals surface area contributed by atoms with Crippen LogP contribution in [0.4, 0.5) is 4.39 Å². The first kappa shape index (κ1) is 24.3. The van der Waals surface area contributed by atoms with E-state index in [1.165, 1.54) is 11.6 Å². The highest BCUT2D eigenvalue weighted by molar-refractivity contribution is 14.0. The lowest BCUT2D eigenvalue weighted by atomic mass is 10.0. The molecule has 2 aromatic rings. The van der Waals surface area contributed by atoms with Crippen LogP contribution < -0.4 is 15.4 Å². The predicted molar refractivity (Wildman–Crippen MR) is 126 cm³/mol. The fourth-order valence-corrected chi connectivity index (χ4v) is 3.30. The standard InChI is InChI=1S/C21H28FN5O2.HI/c1-23-21(25-14-19-18(22)4-3-9-24-19)26-15-20(27-10-12-29-13-11-27)16-5-7-17(28-2)8-6-16;/h3-9,20H,10-15H2,1-2H3,(H2,23,25,26);1H. The molecule has 30 heavy (non-hydrogen) atoms. The quantitative estimate of drug-likeness (QED) is 0.327. The van der Waals surface area contributed by atoms with E-state index in [4.69, 9.17) is 9.47 Å². The minimum atomic E-state index is -0.333. The molecule has 164 valence electrons. The van der Waals surface area contributed by atoms with Gasteiger partial charge in [-0.15, -0.1) is 24.0 Å².